The zero-order valence-corrected chi connectivity index (χ0v) is 24.1. The predicted molar refractivity (Wildman–Crippen MR) is 151 cm³/mol. The van der Waals surface area contributed by atoms with Gasteiger partial charge in [0.1, 0.15) is 18.0 Å². The summed E-state index contributed by atoms with van der Waals surface area (Å²) in [6.07, 6.45) is 4.13. The molecule has 0 aromatic heterocycles. The van der Waals surface area contributed by atoms with E-state index in [9.17, 15) is 19.1 Å². The molecule has 1 aromatic carbocycles. The number of carbonyl (C=O) groups excluding carboxylic acids is 2. The third-order valence-electron chi connectivity index (χ3n) is 7.52. The van der Waals surface area contributed by atoms with Crippen LogP contribution >= 0.6 is 0 Å². The summed E-state index contributed by atoms with van der Waals surface area (Å²) in [7, 11) is 5.72. The zero-order valence-electron chi connectivity index (χ0n) is 24.1. The number of halogens is 1. The summed E-state index contributed by atoms with van der Waals surface area (Å²) in [4.78, 5) is 31.4. The SMILES string of the molecule is C/C(=C\c1cc(F)cc(N(C)C)c1)[C@H]1OC(=O)C[C@H](O)CC[C@H](C)[C@@H](OC(=O)N2CCN(C)CC2)/C=C\[C@@H]1C. The van der Waals surface area contributed by atoms with Gasteiger partial charge in [-0.3, -0.25) is 4.79 Å². The Kier molecular flexibility index (Phi) is 10.9. The van der Waals surface area contributed by atoms with Gasteiger partial charge < -0.3 is 29.3 Å². The van der Waals surface area contributed by atoms with E-state index in [1.54, 1.807) is 4.90 Å². The summed E-state index contributed by atoms with van der Waals surface area (Å²) in [5, 5.41) is 10.5. The van der Waals surface area contributed by atoms with Crippen LogP contribution < -0.4 is 4.90 Å². The highest BCUT2D eigenvalue weighted by Gasteiger charge is 2.29. The van der Waals surface area contributed by atoms with Crippen molar-refractivity contribution in [1.29, 1.82) is 0 Å². The second-order valence-corrected chi connectivity index (χ2v) is 11.2. The van der Waals surface area contributed by atoms with Crippen LogP contribution in [0.4, 0.5) is 14.9 Å². The second-order valence-electron chi connectivity index (χ2n) is 11.2. The number of esters is 1. The highest BCUT2D eigenvalue weighted by molar-refractivity contribution is 5.71. The number of hydrogen-bond donors (Lipinski definition) is 1. The van der Waals surface area contributed by atoms with E-state index in [0.717, 1.165) is 24.4 Å². The van der Waals surface area contributed by atoms with Crippen LogP contribution in [-0.4, -0.2) is 92.6 Å². The number of cyclic esters (lactones) is 1. The minimum atomic E-state index is -0.858. The summed E-state index contributed by atoms with van der Waals surface area (Å²) >= 11 is 0. The number of rotatable bonds is 4. The standard InChI is InChI=1S/C30H44FN3O5/c1-20-7-9-26(35)19-28(36)39-29(22(3)15-23-16-24(31)18-25(17-23)32(4)5)21(2)8-10-27(20)38-30(37)34-13-11-33(6)12-14-34/h8,10,15-18,20-21,26-27,29,35H,7,9,11-14,19H2,1-6H3/b10-8-,22-15+/t20-,21-,26+,27-,29-/m0/s1. The van der Waals surface area contributed by atoms with Crippen molar-refractivity contribution in [2.45, 2.75) is 58.3 Å². The van der Waals surface area contributed by atoms with Gasteiger partial charge in [0.15, 0.2) is 0 Å². The molecule has 0 radical (unpaired) electrons. The zero-order chi connectivity index (χ0) is 28.7. The van der Waals surface area contributed by atoms with Gasteiger partial charge in [-0.2, -0.15) is 0 Å². The molecule has 2 aliphatic rings. The minimum absolute atomic E-state index is 0.0539. The molecule has 0 bridgehead atoms. The normalized spacial score (nSPS) is 28.6. The maximum absolute atomic E-state index is 14.3. The molecule has 1 aromatic rings. The predicted octanol–water partition coefficient (Wildman–Crippen LogP) is 4.33. The molecule has 8 nitrogen and oxygen atoms in total. The first-order valence-corrected chi connectivity index (χ1v) is 13.8. The molecule has 9 heteroatoms. The largest absolute Gasteiger partial charge is 0.457 e. The van der Waals surface area contributed by atoms with Crippen LogP contribution in [-0.2, 0) is 14.3 Å². The van der Waals surface area contributed by atoms with Gasteiger partial charge in [-0.1, -0.05) is 26.0 Å². The van der Waals surface area contributed by atoms with Gasteiger partial charge in [-0.05, 0) is 68.1 Å². The first-order chi connectivity index (χ1) is 18.4. The molecule has 1 N–H and O–H groups in total. The molecule has 2 heterocycles. The third kappa shape index (κ3) is 9.07. The van der Waals surface area contributed by atoms with Crippen LogP contribution in [0.25, 0.3) is 6.08 Å². The summed E-state index contributed by atoms with van der Waals surface area (Å²) in [6, 6.07) is 4.76. The van der Waals surface area contributed by atoms with Crippen molar-refractivity contribution in [2.24, 2.45) is 11.8 Å². The Balaban J connectivity index is 1.86. The molecule has 0 spiro atoms. The van der Waals surface area contributed by atoms with Gasteiger partial charge in [0.2, 0.25) is 0 Å². The number of anilines is 1. The van der Waals surface area contributed by atoms with Gasteiger partial charge >= 0.3 is 12.1 Å². The molecule has 0 aliphatic carbocycles. The average molecular weight is 546 g/mol. The smallest absolute Gasteiger partial charge is 0.410 e. The van der Waals surface area contributed by atoms with Crippen molar-refractivity contribution in [3.05, 3.63) is 47.3 Å². The van der Waals surface area contributed by atoms with Crippen molar-refractivity contribution < 1.29 is 28.6 Å². The number of hydrogen-bond acceptors (Lipinski definition) is 7. The Morgan fingerprint density at radius 3 is 2.49 bits per heavy atom. The van der Waals surface area contributed by atoms with E-state index < -0.39 is 24.3 Å². The lowest BCUT2D eigenvalue weighted by atomic mass is 9.91. The fourth-order valence-electron chi connectivity index (χ4n) is 4.91. The first-order valence-electron chi connectivity index (χ1n) is 13.8. The van der Waals surface area contributed by atoms with Crippen molar-refractivity contribution in [3.8, 4) is 0 Å². The summed E-state index contributed by atoms with van der Waals surface area (Å²) < 4.78 is 26.1. The number of piperazine rings is 1. The Hall–Kier alpha value is -2.91. The maximum Gasteiger partial charge on any atom is 0.410 e. The van der Waals surface area contributed by atoms with E-state index in [2.05, 4.69) is 4.90 Å². The molecule has 1 fully saturated rings. The maximum atomic E-state index is 14.3. The summed E-state index contributed by atoms with van der Waals surface area (Å²) in [6.45, 7) is 8.60. The third-order valence-corrected chi connectivity index (χ3v) is 7.52. The van der Waals surface area contributed by atoms with Crippen molar-refractivity contribution in [1.82, 2.24) is 9.80 Å². The topological polar surface area (TPSA) is 82.5 Å². The van der Waals surface area contributed by atoms with Crippen LogP contribution in [0.15, 0.2) is 35.9 Å². The second kappa shape index (κ2) is 13.9. The lowest BCUT2D eigenvalue weighted by Crippen LogP contribution is -2.48. The summed E-state index contributed by atoms with van der Waals surface area (Å²) in [5.41, 5.74) is 2.11. The molecule has 2 aliphatic heterocycles. The highest BCUT2D eigenvalue weighted by Crippen LogP contribution is 2.27. The lowest BCUT2D eigenvalue weighted by molar-refractivity contribution is -0.151. The monoisotopic (exact) mass is 545 g/mol. The highest BCUT2D eigenvalue weighted by atomic mass is 19.1. The van der Waals surface area contributed by atoms with Crippen LogP contribution in [0.2, 0.25) is 0 Å². The van der Waals surface area contributed by atoms with E-state index in [1.807, 2.05) is 71.1 Å². The fourth-order valence-corrected chi connectivity index (χ4v) is 4.91. The van der Waals surface area contributed by atoms with Gasteiger partial charge in [0.05, 0.1) is 12.5 Å². The van der Waals surface area contributed by atoms with Gasteiger partial charge in [-0.25, -0.2) is 9.18 Å². The Morgan fingerprint density at radius 1 is 1.13 bits per heavy atom. The van der Waals surface area contributed by atoms with Gasteiger partial charge in [0.25, 0.3) is 0 Å². The number of carbonyl (C=O) groups is 2. The molecule has 39 heavy (non-hydrogen) atoms. The van der Waals surface area contributed by atoms with E-state index >= 15 is 0 Å². The summed E-state index contributed by atoms with van der Waals surface area (Å²) in [5.74, 6) is -1.16. The van der Waals surface area contributed by atoms with E-state index in [1.165, 1.54) is 12.1 Å². The first kappa shape index (κ1) is 30.6. The van der Waals surface area contributed by atoms with E-state index in [4.69, 9.17) is 9.47 Å². The molecule has 0 unspecified atom stereocenters. The molecule has 1 saturated heterocycles. The number of aliphatic hydroxyl groups excluding tert-OH is 1. The number of amides is 1. The fraction of sp³-hybridized carbons (Fsp3) is 0.600. The Morgan fingerprint density at radius 2 is 1.82 bits per heavy atom. The molecule has 3 rings (SSSR count). The van der Waals surface area contributed by atoms with Crippen molar-refractivity contribution in [3.63, 3.8) is 0 Å². The van der Waals surface area contributed by atoms with Crippen LogP contribution in [0.3, 0.4) is 0 Å². The van der Waals surface area contributed by atoms with Crippen molar-refractivity contribution in [2.75, 3.05) is 52.2 Å². The number of aliphatic hydroxyl groups is 1. The number of likely N-dealkylation sites (N-methyl/N-ethyl adjacent to an activating group) is 1. The van der Waals surface area contributed by atoms with Gasteiger partial charge in [-0.15, -0.1) is 0 Å². The van der Waals surface area contributed by atoms with E-state index in [0.29, 0.717) is 31.5 Å². The molecule has 1 amide bonds. The Labute approximate surface area is 232 Å². The molecular weight excluding hydrogens is 501 g/mol. The van der Waals surface area contributed by atoms with Crippen molar-refractivity contribution >= 4 is 23.8 Å². The lowest BCUT2D eigenvalue weighted by Gasteiger charge is -2.33. The Bertz CT molecular complexity index is 1050. The van der Waals surface area contributed by atoms with Crippen LogP contribution in [0, 0.1) is 17.7 Å². The number of nitrogens with zero attached hydrogens (tertiary/aromatic N) is 3. The molecule has 5 atom stereocenters. The number of benzene rings is 1. The van der Waals surface area contributed by atoms with Crippen LogP contribution in [0.1, 0.15) is 45.6 Å². The molecular formula is C30H44FN3O5. The van der Waals surface area contributed by atoms with Gasteiger partial charge in [0, 0.05) is 51.9 Å². The molecule has 0 saturated carbocycles. The quantitative estimate of drug-likeness (QED) is 0.445. The molecule has 216 valence electrons. The van der Waals surface area contributed by atoms with E-state index in [-0.39, 0.29) is 30.2 Å². The van der Waals surface area contributed by atoms with Crippen LogP contribution in [0.5, 0.6) is 0 Å². The number of ether oxygens (including phenoxy) is 2. The minimum Gasteiger partial charge on any atom is -0.457 e. The average Bonchev–Trinajstić information content (AvgIpc) is 2.87.